The Morgan fingerprint density at radius 2 is 2.00 bits per heavy atom. The molecule has 20 heavy (non-hydrogen) atoms. The molecule has 1 amide bonds. The minimum absolute atomic E-state index is 0.0116. The molecular formula is C14H23F3N2O. The number of nitrogens with one attached hydrogen (secondary N) is 1. The van der Waals surface area contributed by atoms with Crippen LogP contribution >= 0.6 is 0 Å². The number of hydrogen-bond acceptors (Lipinski definition) is 2. The SMILES string of the molecule is CCCC1(C(=O)N2CCC(C(F)(F)F)CC2)CCCN1. The van der Waals surface area contributed by atoms with Gasteiger partial charge in [0.1, 0.15) is 0 Å². The number of halogens is 3. The van der Waals surface area contributed by atoms with Gasteiger partial charge in [-0.3, -0.25) is 4.79 Å². The normalized spacial score (nSPS) is 28.9. The molecule has 0 aromatic rings. The first-order chi connectivity index (χ1) is 9.39. The minimum atomic E-state index is -4.12. The van der Waals surface area contributed by atoms with Crippen LogP contribution in [-0.2, 0) is 4.79 Å². The maximum Gasteiger partial charge on any atom is 0.391 e. The molecule has 2 aliphatic heterocycles. The fraction of sp³-hybridized carbons (Fsp3) is 0.929. The van der Waals surface area contributed by atoms with Crippen LogP contribution in [0.25, 0.3) is 0 Å². The van der Waals surface area contributed by atoms with E-state index in [4.69, 9.17) is 0 Å². The lowest BCUT2D eigenvalue weighted by molar-refractivity contribution is -0.187. The van der Waals surface area contributed by atoms with Gasteiger partial charge in [-0.25, -0.2) is 0 Å². The fourth-order valence-corrected chi connectivity index (χ4v) is 3.45. The third kappa shape index (κ3) is 3.10. The van der Waals surface area contributed by atoms with Gasteiger partial charge in [0.15, 0.2) is 0 Å². The van der Waals surface area contributed by atoms with E-state index in [-0.39, 0.29) is 31.8 Å². The van der Waals surface area contributed by atoms with Gasteiger partial charge in [-0.2, -0.15) is 13.2 Å². The second-order valence-corrected chi connectivity index (χ2v) is 5.97. The number of hydrogen-bond donors (Lipinski definition) is 1. The van der Waals surface area contributed by atoms with E-state index in [0.717, 1.165) is 32.2 Å². The van der Waals surface area contributed by atoms with Crippen LogP contribution in [-0.4, -0.2) is 42.2 Å². The summed E-state index contributed by atoms with van der Waals surface area (Å²) in [7, 11) is 0. The molecule has 1 N–H and O–H groups in total. The van der Waals surface area contributed by atoms with Crippen LogP contribution in [0.15, 0.2) is 0 Å². The highest BCUT2D eigenvalue weighted by molar-refractivity contribution is 5.86. The largest absolute Gasteiger partial charge is 0.391 e. The number of nitrogens with zero attached hydrogens (tertiary/aromatic N) is 1. The molecule has 2 fully saturated rings. The van der Waals surface area contributed by atoms with Gasteiger partial charge >= 0.3 is 6.18 Å². The Kier molecular flexibility index (Phi) is 4.62. The van der Waals surface area contributed by atoms with Crippen molar-refractivity contribution in [2.45, 2.75) is 57.2 Å². The van der Waals surface area contributed by atoms with Gasteiger partial charge in [0, 0.05) is 13.1 Å². The predicted octanol–water partition coefficient (Wildman–Crippen LogP) is 2.71. The minimum Gasteiger partial charge on any atom is -0.341 e. The Bertz CT molecular complexity index is 343. The lowest BCUT2D eigenvalue weighted by atomic mass is 9.88. The maximum absolute atomic E-state index is 12.7. The maximum atomic E-state index is 12.7. The van der Waals surface area contributed by atoms with Crippen LogP contribution in [0.5, 0.6) is 0 Å². The summed E-state index contributed by atoms with van der Waals surface area (Å²) in [5.41, 5.74) is -0.514. The molecule has 0 aliphatic carbocycles. The zero-order valence-corrected chi connectivity index (χ0v) is 11.9. The molecule has 0 aromatic heterocycles. The highest BCUT2D eigenvalue weighted by atomic mass is 19.4. The second kappa shape index (κ2) is 5.92. The summed E-state index contributed by atoms with van der Waals surface area (Å²) in [6, 6.07) is 0. The Morgan fingerprint density at radius 1 is 1.35 bits per heavy atom. The van der Waals surface area contributed by atoms with Crippen LogP contribution in [0.2, 0.25) is 0 Å². The first-order valence-electron chi connectivity index (χ1n) is 7.50. The van der Waals surface area contributed by atoms with Crippen molar-refractivity contribution in [2.75, 3.05) is 19.6 Å². The molecular weight excluding hydrogens is 269 g/mol. The zero-order chi connectivity index (χ0) is 14.8. The van der Waals surface area contributed by atoms with Gasteiger partial charge in [0.25, 0.3) is 0 Å². The zero-order valence-electron chi connectivity index (χ0n) is 11.9. The summed E-state index contributed by atoms with van der Waals surface area (Å²) in [6.45, 7) is 3.32. The van der Waals surface area contributed by atoms with Crippen molar-refractivity contribution in [3.05, 3.63) is 0 Å². The van der Waals surface area contributed by atoms with Crippen molar-refractivity contribution >= 4 is 5.91 Å². The van der Waals surface area contributed by atoms with E-state index in [1.165, 1.54) is 0 Å². The molecule has 3 nitrogen and oxygen atoms in total. The molecule has 2 aliphatic rings. The predicted molar refractivity (Wildman–Crippen MR) is 70.2 cm³/mol. The molecule has 0 spiro atoms. The lowest BCUT2D eigenvalue weighted by Gasteiger charge is -2.39. The molecule has 0 saturated carbocycles. The molecule has 6 heteroatoms. The van der Waals surface area contributed by atoms with E-state index in [1.807, 2.05) is 6.92 Å². The van der Waals surface area contributed by atoms with Crippen molar-refractivity contribution in [2.24, 2.45) is 5.92 Å². The summed E-state index contributed by atoms with van der Waals surface area (Å²) in [4.78, 5) is 14.3. The van der Waals surface area contributed by atoms with Crippen molar-refractivity contribution < 1.29 is 18.0 Å². The van der Waals surface area contributed by atoms with Gasteiger partial charge in [-0.05, 0) is 38.6 Å². The summed E-state index contributed by atoms with van der Waals surface area (Å²) in [5, 5.41) is 3.30. The average Bonchev–Trinajstić information content (AvgIpc) is 2.87. The number of rotatable bonds is 3. The van der Waals surface area contributed by atoms with Crippen molar-refractivity contribution in [1.29, 1.82) is 0 Å². The monoisotopic (exact) mass is 292 g/mol. The summed E-state index contributed by atoms with van der Waals surface area (Å²) in [6.07, 6.45) is -0.608. The van der Waals surface area contributed by atoms with Crippen LogP contribution in [0.4, 0.5) is 13.2 Å². The van der Waals surface area contributed by atoms with Crippen LogP contribution in [0.1, 0.15) is 45.4 Å². The molecule has 1 unspecified atom stereocenters. The van der Waals surface area contributed by atoms with Crippen molar-refractivity contribution in [3.8, 4) is 0 Å². The van der Waals surface area contributed by atoms with E-state index < -0.39 is 17.6 Å². The fourth-order valence-electron chi connectivity index (χ4n) is 3.45. The Balaban J connectivity index is 1.97. The Morgan fingerprint density at radius 3 is 2.45 bits per heavy atom. The van der Waals surface area contributed by atoms with Gasteiger partial charge < -0.3 is 10.2 Å². The lowest BCUT2D eigenvalue weighted by Crippen LogP contribution is -2.56. The third-order valence-corrected chi connectivity index (χ3v) is 4.57. The van der Waals surface area contributed by atoms with Crippen LogP contribution in [0.3, 0.4) is 0 Å². The first kappa shape index (κ1) is 15.6. The molecule has 0 bridgehead atoms. The molecule has 2 saturated heterocycles. The standard InChI is InChI=1S/C14H23F3N2O/c1-2-6-13(7-3-8-18-13)12(20)19-9-4-11(5-10-19)14(15,16)17/h11,18H,2-10H2,1H3. The molecule has 1 atom stereocenters. The highest BCUT2D eigenvalue weighted by Gasteiger charge is 2.46. The van der Waals surface area contributed by atoms with Crippen LogP contribution < -0.4 is 5.32 Å². The van der Waals surface area contributed by atoms with Gasteiger partial charge in [-0.15, -0.1) is 0 Å². The van der Waals surface area contributed by atoms with E-state index in [9.17, 15) is 18.0 Å². The van der Waals surface area contributed by atoms with E-state index >= 15 is 0 Å². The number of alkyl halides is 3. The molecule has 0 radical (unpaired) electrons. The third-order valence-electron chi connectivity index (χ3n) is 4.57. The quantitative estimate of drug-likeness (QED) is 0.867. The molecule has 2 heterocycles. The average molecular weight is 292 g/mol. The summed E-state index contributed by atoms with van der Waals surface area (Å²) >= 11 is 0. The molecule has 0 aromatic carbocycles. The van der Waals surface area contributed by atoms with E-state index in [0.29, 0.717) is 0 Å². The van der Waals surface area contributed by atoms with E-state index in [2.05, 4.69) is 5.32 Å². The number of carbonyl (C=O) groups excluding carboxylic acids is 1. The summed E-state index contributed by atoms with van der Waals surface area (Å²) < 4.78 is 38.0. The first-order valence-corrected chi connectivity index (χ1v) is 7.50. The van der Waals surface area contributed by atoms with Gasteiger partial charge in [-0.1, -0.05) is 13.3 Å². The molecule has 116 valence electrons. The highest BCUT2D eigenvalue weighted by Crippen LogP contribution is 2.35. The van der Waals surface area contributed by atoms with Crippen LogP contribution in [0, 0.1) is 5.92 Å². The second-order valence-electron chi connectivity index (χ2n) is 5.97. The number of likely N-dealkylation sites (tertiary alicyclic amines) is 1. The molecule has 2 rings (SSSR count). The smallest absolute Gasteiger partial charge is 0.341 e. The number of carbonyl (C=O) groups is 1. The number of piperidine rings is 1. The van der Waals surface area contributed by atoms with Crippen molar-refractivity contribution in [1.82, 2.24) is 10.2 Å². The summed E-state index contributed by atoms with van der Waals surface area (Å²) in [5.74, 6) is -1.23. The number of amides is 1. The van der Waals surface area contributed by atoms with Crippen molar-refractivity contribution in [3.63, 3.8) is 0 Å². The van der Waals surface area contributed by atoms with Gasteiger partial charge in [0.05, 0.1) is 11.5 Å². The van der Waals surface area contributed by atoms with E-state index in [1.54, 1.807) is 4.90 Å². The Hall–Kier alpha value is -0.780. The Labute approximate surface area is 117 Å². The van der Waals surface area contributed by atoms with Gasteiger partial charge in [0.2, 0.25) is 5.91 Å². The topological polar surface area (TPSA) is 32.3 Å².